The fraction of sp³-hybridized carbons (Fsp3) is 0.0588. The van der Waals surface area contributed by atoms with Crippen molar-refractivity contribution in [3.05, 3.63) is 64.1 Å². The summed E-state index contributed by atoms with van der Waals surface area (Å²) in [5, 5.41) is 7.18. The Kier molecular flexibility index (Phi) is 4.12. The Morgan fingerprint density at radius 3 is 2.92 bits per heavy atom. The molecule has 8 heteroatoms. The zero-order valence-corrected chi connectivity index (χ0v) is 14.5. The van der Waals surface area contributed by atoms with Crippen molar-refractivity contribution < 1.29 is 4.79 Å². The monoisotopic (exact) mass is 368 g/mol. The van der Waals surface area contributed by atoms with Gasteiger partial charge in [-0.25, -0.2) is 4.98 Å². The van der Waals surface area contributed by atoms with E-state index in [0.29, 0.717) is 15.9 Å². The fourth-order valence-electron chi connectivity index (χ4n) is 2.49. The molecular formula is C17H12N4O2S2. The molecule has 0 atom stereocenters. The van der Waals surface area contributed by atoms with Crippen LogP contribution in [0.15, 0.2) is 58.5 Å². The van der Waals surface area contributed by atoms with Crippen LogP contribution in [-0.4, -0.2) is 20.4 Å². The number of carbonyl (C=O) groups excluding carboxylic acids is 1. The number of anilines is 1. The Labute approximate surface area is 150 Å². The zero-order chi connectivity index (χ0) is 17.2. The van der Waals surface area contributed by atoms with E-state index in [9.17, 15) is 9.59 Å². The summed E-state index contributed by atoms with van der Waals surface area (Å²) in [5.74, 6) is -0.302. The summed E-state index contributed by atoms with van der Waals surface area (Å²) in [6, 6.07) is 7.38. The summed E-state index contributed by atoms with van der Waals surface area (Å²) >= 11 is 3.00. The van der Waals surface area contributed by atoms with E-state index in [4.69, 9.17) is 0 Å². The average molecular weight is 368 g/mol. The lowest BCUT2D eigenvalue weighted by Gasteiger charge is -2.07. The van der Waals surface area contributed by atoms with E-state index in [1.165, 1.54) is 22.2 Å². The molecule has 1 N–H and O–H groups in total. The minimum absolute atomic E-state index is 0.101. The molecule has 0 saturated heterocycles. The van der Waals surface area contributed by atoms with Gasteiger partial charge in [0.15, 0.2) is 0 Å². The van der Waals surface area contributed by atoms with Gasteiger partial charge < -0.3 is 5.32 Å². The summed E-state index contributed by atoms with van der Waals surface area (Å²) in [6.07, 6.45) is 4.60. The molecule has 0 unspecified atom stereocenters. The van der Waals surface area contributed by atoms with Crippen molar-refractivity contribution in [1.29, 1.82) is 0 Å². The van der Waals surface area contributed by atoms with Crippen molar-refractivity contribution in [1.82, 2.24) is 14.5 Å². The lowest BCUT2D eigenvalue weighted by Crippen LogP contribution is -2.27. The highest BCUT2D eigenvalue weighted by Gasteiger charge is 2.15. The van der Waals surface area contributed by atoms with Crippen LogP contribution in [0.3, 0.4) is 0 Å². The smallest absolute Gasteiger partial charge is 0.263 e. The molecule has 0 saturated carbocycles. The Bertz CT molecular complexity index is 1080. The van der Waals surface area contributed by atoms with E-state index in [-0.39, 0.29) is 18.0 Å². The van der Waals surface area contributed by atoms with E-state index < -0.39 is 0 Å². The van der Waals surface area contributed by atoms with Crippen LogP contribution in [0.1, 0.15) is 0 Å². The molecule has 6 nitrogen and oxygen atoms in total. The number of nitrogens with zero attached hydrogens (tertiary/aromatic N) is 3. The second-order valence-corrected chi connectivity index (χ2v) is 7.08. The summed E-state index contributed by atoms with van der Waals surface area (Å²) in [7, 11) is 0. The fourth-order valence-corrected chi connectivity index (χ4v) is 4.21. The number of fused-ring (bicyclic) bond motifs is 1. The van der Waals surface area contributed by atoms with E-state index in [1.54, 1.807) is 35.9 Å². The van der Waals surface area contributed by atoms with Gasteiger partial charge in [-0.3, -0.25) is 19.1 Å². The predicted molar refractivity (Wildman–Crippen MR) is 100 cm³/mol. The van der Waals surface area contributed by atoms with Crippen LogP contribution in [0.4, 0.5) is 5.69 Å². The zero-order valence-electron chi connectivity index (χ0n) is 12.9. The van der Waals surface area contributed by atoms with Crippen LogP contribution in [-0.2, 0) is 11.3 Å². The summed E-state index contributed by atoms with van der Waals surface area (Å²) in [5.41, 5.74) is 1.25. The Morgan fingerprint density at radius 1 is 1.24 bits per heavy atom. The molecule has 0 aliphatic heterocycles. The minimum Gasteiger partial charge on any atom is -0.323 e. The van der Waals surface area contributed by atoms with Gasteiger partial charge in [-0.2, -0.15) is 0 Å². The third kappa shape index (κ3) is 3.09. The Hall–Kier alpha value is -2.84. The molecule has 4 rings (SSSR count). The van der Waals surface area contributed by atoms with Gasteiger partial charge in [0, 0.05) is 22.0 Å². The van der Waals surface area contributed by atoms with Gasteiger partial charge >= 0.3 is 0 Å². The van der Waals surface area contributed by atoms with Crippen LogP contribution in [0.5, 0.6) is 0 Å². The van der Waals surface area contributed by atoms with E-state index >= 15 is 0 Å². The van der Waals surface area contributed by atoms with Crippen molar-refractivity contribution in [3.8, 4) is 10.4 Å². The van der Waals surface area contributed by atoms with Crippen LogP contribution in [0.2, 0.25) is 0 Å². The van der Waals surface area contributed by atoms with Gasteiger partial charge in [0.1, 0.15) is 11.4 Å². The van der Waals surface area contributed by atoms with Crippen molar-refractivity contribution in [3.63, 3.8) is 0 Å². The second-order valence-electron chi connectivity index (χ2n) is 5.27. The molecule has 4 heterocycles. The number of hydrogen-bond donors (Lipinski definition) is 1. The lowest BCUT2D eigenvalue weighted by molar-refractivity contribution is -0.116. The number of hydrogen-bond acceptors (Lipinski definition) is 6. The van der Waals surface area contributed by atoms with Crippen molar-refractivity contribution >= 4 is 44.5 Å². The topological polar surface area (TPSA) is 76.9 Å². The maximum absolute atomic E-state index is 12.8. The SMILES string of the molecule is O=C(Cn1cnc2scc(-c3cccs3)c2c1=O)Nc1cccnc1. The summed E-state index contributed by atoms with van der Waals surface area (Å²) in [6.45, 7) is -0.101. The number of amides is 1. The maximum atomic E-state index is 12.8. The first kappa shape index (κ1) is 15.7. The molecule has 0 radical (unpaired) electrons. The van der Waals surface area contributed by atoms with Gasteiger partial charge in [0.2, 0.25) is 5.91 Å². The minimum atomic E-state index is -0.302. The maximum Gasteiger partial charge on any atom is 0.263 e. The van der Waals surface area contributed by atoms with Gasteiger partial charge in [0.05, 0.1) is 23.6 Å². The molecule has 0 spiro atoms. The summed E-state index contributed by atoms with van der Waals surface area (Å²) < 4.78 is 1.33. The third-order valence-corrected chi connectivity index (χ3v) is 5.40. The number of nitrogens with one attached hydrogen (secondary N) is 1. The standard InChI is InChI=1S/C17H12N4O2S2/c22-14(20-11-3-1-5-18-7-11)8-21-10-19-16-15(17(21)23)12(9-25-16)13-4-2-6-24-13/h1-7,9-10H,8H2,(H,20,22). The molecule has 0 fully saturated rings. The van der Waals surface area contributed by atoms with Crippen molar-refractivity contribution in [2.75, 3.05) is 5.32 Å². The van der Waals surface area contributed by atoms with Crippen LogP contribution in [0.25, 0.3) is 20.7 Å². The van der Waals surface area contributed by atoms with Gasteiger partial charge in [-0.1, -0.05) is 6.07 Å². The lowest BCUT2D eigenvalue weighted by atomic mass is 10.2. The predicted octanol–water partition coefficient (Wildman–Crippen LogP) is 3.22. The highest BCUT2D eigenvalue weighted by molar-refractivity contribution is 7.18. The first-order valence-corrected chi connectivity index (χ1v) is 9.19. The third-order valence-electron chi connectivity index (χ3n) is 3.61. The highest BCUT2D eigenvalue weighted by atomic mass is 32.1. The molecule has 0 aromatic carbocycles. The van der Waals surface area contributed by atoms with E-state index in [2.05, 4.69) is 15.3 Å². The molecule has 4 aromatic heterocycles. The quantitative estimate of drug-likeness (QED) is 0.600. The molecular weight excluding hydrogens is 356 g/mol. The number of carbonyl (C=O) groups is 1. The number of pyridine rings is 1. The molecule has 0 aliphatic carbocycles. The largest absolute Gasteiger partial charge is 0.323 e. The molecule has 0 bridgehead atoms. The molecule has 4 aromatic rings. The van der Waals surface area contributed by atoms with Crippen molar-refractivity contribution in [2.24, 2.45) is 0 Å². The van der Waals surface area contributed by atoms with Gasteiger partial charge in [0.25, 0.3) is 5.56 Å². The van der Waals surface area contributed by atoms with Crippen LogP contribution >= 0.6 is 22.7 Å². The van der Waals surface area contributed by atoms with Crippen molar-refractivity contribution in [2.45, 2.75) is 6.54 Å². The normalized spacial score (nSPS) is 10.9. The Morgan fingerprint density at radius 2 is 2.16 bits per heavy atom. The van der Waals surface area contributed by atoms with E-state index in [0.717, 1.165) is 10.4 Å². The van der Waals surface area contributed by atoms with Crippen LogP contribution in [0, 0.1) is 0 Å². The second kappa shape index (κ2) is 6.58. The van der Waals surface area contributed by atoms with Gasteiger partial charge in [-0.05, 0) is 23.6 Å². The van der Waals surface area contributed by atoms with E-state index in [1.807, 2.05) is 22.9 Å². The first-order valence-electron chi connectivity index (χ1n) is 7.43. The number of rotatable bonds is 4. The number of aromatic nitrogens is 3. The van der Waals surface area contributed by atoms with Gasteiger partial charge in [-0.15, -0.1) is 22.7 Å². The summed E-state index contributed by atoms with van der Waals surface area (Å²) in [4.78, 5) is 35.0. The van der Waals surface area contributed by atoms with Crippen LogP contribution < -0.4 is 10.9 Å². The molecule has 25 heavy (non-hydrogen) atoms. The average Bonchev–Trinajstić information content (AvgIpc) is 3.27. The molecule has 0 aliphatic rings. The first-order chi connectivity index (χ1) is 12.2. The molecule has 1 amide bonds. The highest BCUT2D eigenvalue weighted by Crippen LogP contribution is 2.33. The Balaban J connectivity index is 1.66. The molecule has 124 valence electrons. The number of thiophene rings is 2.